The number of allylic oxidation sites excluding steroid dienone is 3. The Labute approximate surface area is 279 Å². The first-order valence-electron chi connectivity index (χ1n) is 17.5. The van der Waals surface area contributed by atoms with E-state index in [2.05, 4.69) is 26.8 Å². The van der Waals surface area contributed by atoms with Gasteiger partial charge in [-0.2, -0.15) is 0 Å². The van der Waals surface area contributed by atoms with E-state index in [1.807, 2.05) is 19.9 Å². The molecule has 3 fully saturated rings. The van der Waals surface area contributed by atoms with Crippen LogP contribution in [0.3, 0.4) is 0 Å². The van der Waals surface area contributed by atoms with Gasteiger partial charge in [-0.15, -0.1) is 0 Å². The van der Waals surface area contributed by atoms with Crippen LogP contribution in [0.25, 0.3) is 0 Å². The predicted molar refractivity (Wildman–Crippen MR) is 177 cm³/mol. The molecule has 1 spiro atoms. The third-order valence-corrected chi connectivity index (χ3v) is 11.0. The number of carbonyl (C=O) groups excluding carboxylic acids is 2. The maximum Gasteiger partial charge on any atom is 0.331 e. The molecular weight excluding hydrogens is 600 g/mol. The summed E-state index contributed by atoms with van der Waals surface area (Å²) in [6.07, 6.45) is 12.6. The summed E-state index contributed by atoms with van der Waals surface area (Å²) >= 11 is 0. The Hall–Kier alpha value is -2.56. The molecule has 5 rings (SSSR count). The fourth-order valence-electron chi connectivity index (χ4n) is 8.04. The van der Waals surface area contributed by atoms with E-state index in [-0.39, 0.29) is 24.7 Å². The Kier molecular flexibility index (Phi) is 11.0. The third kappa shape index (κ3) is 7.25. The van der Waals surface area contributed by atoms with Crippen molar-refractivity contribution in [2.45, 2.75) is 135 Å². The first-order valence-corrected chi connectivity index (χ1v) is 17.5. The average molecular weight is 655 g/mol. The largest absolute Gasteiger partial charge is 0.462 e. The van der Waals surface area contributed by atoms with E-state index in [0.29, 0.717) is 48.7 Å². The highest BCUT2D eigenvalue weighted by Gasteiger charge is 2.60. The molecule has 0 amide bonds. The highest BCUT2D eigenvalue weighted by Crippen LogP contribution is 2.48. The molecule has 0 radical (unpaired) electrons. The van der Waals surface area contributed by atoms with Crippen molar-refractivity contribution in [2.75, 3.05) is 6.61 Å². The lowest BCUT2D eigenvalue weighted by atomic mass is 9.71. The van der Waals surface area contributed by atoms with Gasteiger partial charge < -0.3 is 33.9 Å². The third-order valence-electron chi connectivity index (χ3n) is 11.0. The maximum absolute atomic E-state index is 14.1. The molecule has 0 aromatic rings. The number of aliphatic hydroxyl groups excluding tert-OH is 1. The molecule has 1 unspecified atom stereocenters. The lowest BCUT2D eigenvalue weighted by Crippen LogP contribution is -2.58. The van der Waals surface area contributed by atoms with Gasteiger partial charge in [0.1, 0.15) is 35.9 Å². The predicted octanol–water partition coefficient (Wildman–Crippen LogP) is 5.66. The van der Waals surface area contributed by atoms with E-state index in [4.69, 9.17) is 23.7 Å². The molecule has 4 heterocycles. The second kappa shape index (κ2) is 14.5. The monoisotopic (exact) mass is 654 g/mol. The van der Waals surface area contributed by atoms with Crippen molar-refractivity contribution in [1.82, 2.24) is 0 Å². The SMILES string of the molecule is C/C=C\C(=O)O[C@@H]1/C(C)=C/C[C@@H]2C[C@@H](C[C@]3(CC[C@H](C)[C@@H](C(C)CC)O3)O2)OC(=O)[C@@H]2C=C(C)[C@@H](O)[C@H]3OC/C(=C\C=C\[C@@H]1C)[C@]32O. The molecule has 3 saturated heterocycles. The van der Waals surface area contributed by atoms with E-state index >= 15 is 0 Å². The van der Waals surface area contributed by atoms with Crippen LogP contribution in [0.2, 0.25) is 0 Å². The van der Waals surface area contributed by atoms with Gasteiger partial charge in [-0.05, 0) is 62.2 Å². The molecule has 4 aliphatic heterocycles. The minimum atomic E-state index is -1.80. The summed E-state index contributed by atoms with van der Waals surface area (Å²) in [6, 6.07) is 0. The van der Waals surface area contributed by atoms with Crippen molar-refractivity contribution in [3.05, 3.63) is 59.3 Å². The summed E-state index contributed by atoms with van der Waals surface area (Å²) in [7, 11) is 0. The first kappa shape index (κ1) is 35.7. The van der Waals surface area contributed by atoms with E-state index in [1.165, 1.54) is 6.08 Å². The molecule has 2 N–H and O–H groups in total. The molecular formula is C38H54O9. The van der Waals surface area contributed by atoms with E-state index in [9.17, 15) is 19.8 Å². The molecule has 1 aliphatic carbocycles. The van der Waals surface area contributed by atoms with Crippen LogP contribution in [0.1, 0.15) is 87.0 Å². The standard InChI is InChI=1S/C38H54O9/c1-8-11-31(39)45-33-23(4)12-10-13-27-21-43-35-32(40)26(7)18-30(38(27,35)42)36(41)44-29-19-28(15-14-24(33)5)46-37(20-29)17-16-25(6)34(47-37)22(3)9-2/h8,10-14,18,22-23,25,28-30,32-35,40,42H,9,15-17,19-21H2,1-7H3/b11-8-,12-10+,24-14+,27-13+/t22?,23-,25-,28+,29-,30-,32+,33-,34+,35+,37+,38+/m0/s1. The Bertz CT molecular complexity index is 1320. The smallest absolute Gasteiger partial charge is 0.331 e. The van der Waals surface area contributed by atoms with Crippen LogP contribution < -0.4 is 0 Å². The fraction of sp³-hybridized carbons (Fsp3) is 0.684. The van der Waals surface area contributed by atoms with Crippen molar-refractivity contribution < 1.29 is 43.5 Å². The van der Waals surface area contributed by atoms with E-state index in [0.717, 1.165) is 18.4 Å². The number of hydrogen-bond donors (Lipinski definition) is 2. The zero-order valence-electron chi connectivity index (χ0n) is 29.0. The molecule has 0 saturated carbocycles. The van der Waals surface area contributed by atoms with Gasteiger partial charge in [-0.1, -0.05) is 70.6 Å². The molecule has 12 atom stereocenters. The topological polar surface area (TPSA) is 121 Å². The quantitative estimate of drug-likeness (QED) is 0.225. The summed E-state index contributed by atoms with van der Waals surface area (Å²) < 4.78 is 31.9. The number of rotatable bonds is 4. The summed E-state index contributed by atoms with van der Waals surface area (Å²) in [5.74, 6) is -2.48. The molecule has 9 heteroatoms. The van der Waals surface area contributed by atoms with Gasteiger partial charge in [0.05, 0.1) is 18.8 Å². The zero-order chi connectivity index (χ0) is 34.1. The van der Waals surface area contributed by atoms with Crippen LogP contribution in [-0.2, 0) is 33.3 Å². The second-order valence-corrected chi connectivity index (χ2v) is 14.5. The Morgan fingerprint density at radius 3 is 2.68 bits per heavy atom. The van der Waals surface area contributed by atoms with Crippen molar-refractivity contribution in [3.8, 4) is 0 Å². The van der Waals surface area contributed by atoms with Crippen LogP contribution >= 0.6 is 0 Å². The summed E-state index contributed by atoms with van der Waals surface area (Å²) in [5.41, 5.74) is 0.107. The van der Waals surface area contributed by atoms with Gasteiger partial charge >= 0.3 is 11.9 Å². The molecule has 0 aromatic carbocycles. The highest BCUT2D eigenvalue weighted by molar-refractivity contribution is 5.82. The summed E-state index contributed by atoms with van der Waals surface area (Å²) in [5, 5.41) is 23.3. The first-order chi connectivity index (χ1) is 22.3. The Morgan fingerprint density at radius 2 is 1.96 bits per heavy atom. The lowest BCUT2D eigenvalue weighted by molar-refractivity contribution is -0.340. The molecule has 260 valence electrons. The molecule has 5 aliphatic rings. The lowest BCUT2D eigenvalue weighted by Gasteiger charge is -2.51. The van der Waals surface area contributed by atoms with Gasteiger partial charge in [0.2, 0.25) is 0 Å². The molecule has 2 bridgehead atoms. The van der Waals surface area contributed by atoms with Gasteiger partial charge in [-0.3, -0.25) is 4.79 Å². The van der Waals surface area contributed by atoms with Crippen LogP contribution in [0.15, 0.2) is 59.3 Å². The zero-order valence-corrected chi connectivity index (χ0v) is 29.0. The number of esters is 2. The van der Waals surface area contributed by atoms with E-state index in [1.54, 1.807) is 38.2 Å². The molecule has 9 nitrogen and oxygen atoms in total. The van der Waals surface area contributed by atoms with Crippen molar-refractivity contribution in [3.63, 3.8) is 0 Å². The van der Waals surface area contributed by atoms with Crippen molar-refractivity contribution >= 4 is 11.9 Å². The van der Waals surface area contributed by atoms with Gasteiger partial charge in [-0.25, -0.2) is 4.79 Å². The molecule has 47 heavy (non-hydrogen) atoms. The average Bonchev–Trinajstić information content (AvgIpc) is 3.37. The molecule has 0 aromatic heterocycles. The van der Waals surface area contributed by atoms with Gasteiger partial charge in [0.25, 0.3) is 0 Å². The number of ether oxygens (including phenoxy) is 5. The second-order valence-electron chi connectivity index (χ2n) is 14.5. The minimum absolute atomic E-state index is 0.0113. The van der Waals surface area contributed by atoms with Crippen LogP contribution in [0.5, 0.6) is 0 Å². The van der Waals surface area contributed by atoms with Crippen LogP contribution in [-0.4, -0.2) is 76.8 Å². The van der Waals surface area contributed by atoms with Crippen molar-refractivity contribution in [2.24, 2.45) is 23.7 Å². The Balaban J connectivity index is 1.56. The normalized spacial score (nSPS) is 44.7. The highest BCUT2D eigenvalue weighted by atomic mass is 16.7. The summed E-state index contributed by atoms with van der Waals surface area (Å²) in [4.78, 5) is 26.7. The van der Waals surface area contributed by atoms with Crippen LogP contribution in [0.4, 0.5) is 0 Å². The number of aliphatic hydroxyl groups is 2. The fourth-order valence-corrected chi connectivity index (χ4v) is 8.04. The minimum Gasteiger partial charge on any atom is -0.462 e. The van der Waals surface area contributed by atoms with E-state index < -0.39 is 53.7 Å². The Morgan fingerprint density at radius 1 is 1.19 bits per heavy atom. The number of fused-ring (bicyclic) bond motifs is 2. The van der Waals surface area contributed by atoms with Crippen molar-refractivity contribution in [1.29, 1.82) is 0 Å². The van der Waals surface area contributed by atoms with Crippen LogP contribution in [0, 0.1) is 23.7 Å². The van der Waals surface area contributed by atoms with Gasteiger partial charge in [0, 0.05) is 31.3 Å². The number of hydrogen-bond acceptors (Lipinski definition) is 9. The maximum atomic E-state index is 14.1. The summed E-state index contributed by atoms with van der Waals surface area (Å²) in [6.45, 7) is 14.1. The van der Waals surface area contributed by atoms with Gasteiger partial charge in [0.15, 0.2) is 5.79 Å². The number of carbonyl (C=O) groups is 2.